The van der Waals surface area contributed by atoms with Gasteiger partial charge >= 0.3 is 0 Å². The summed E-state index contributed by atoms with van der Waals surface area (Å²) < 4.78 is 0. The van der Waals surface area contributed by atoms with Crippen LogP contribution in [0.25, 0.3) is 0 Å². The zero-order chi connectivity index (χ0) is 34.9. The Labute approximate surface area is 295 Å². The molecule has 4 amide bonds. The lowest BCUT2D eigenvalue weighted by molar-refractivity contribution is 0.0913. The van der Waals surface area contributed by atoms with Crippen LogP contribution >= 0.6 is 45.3 Å². The smallest absolute Gasteiger partial charge is 0.271 e. The second kappa shape index (κ2) is 14.9. The number of hydrogen-bond acceptors (Lipinski definition) is 12. The van der Waals surface area contributed by atoms with Crippen molar-refractivity contribution in [3.05, 3.63) is 64.3 Å². The Bertz CT molecular complexity index is 1530. The van der Waals surface area contributed by atoms with E-state index < -0.39 is 24.2 Å². The van der Waals surface area contributed by atoms with Crippen molar-refractivity contribution in [2.45, 2.75) is 79.6 Å². The fraction of sp³-hybridized carbons (Fsp3) is 0.500. The van der Waals surface area contributed by atoms with Gasteiger partial charge in [-0.1, -0.05) is 55.4 Å². The molecule has 4 atom stereocenters. The fourth-order valence-corrected chi connectivity index (χ4v) is 9.14. The summed E-state index contributed by atoms with van der Waals surface area (Å²) in [6, 6.07) is -1.85. The summed E-state index contributed by atoms with van der Waals surface area (Å²) in [4.78, 5) is 72.3. The number of fused-ring (bicyclic) bond motifs is 8. The SMILES string of the molecule is CC(C)[C@@H]1NC(=O)c2csc(n2)[C@@H](C(C)C)NC(=O)c2csc(n2)[C@@H](C(C)C)NC(=O)c2csc(n2)[C@@H](C(C)C)NC(=O)c2csc1n2. The second-order valence-corrected chi connectivity index (χ2v) is 16.6. The van der Waals surface area contributed by atoms with Gasteiger partial charge in [-0.15, -0.1) is 45.3 Å². The zero-order valence-corrected chi connectivity index (χ0v) is 31.2. The van der Waals surface area contributed by atoms with Gasteiger partial charge in [-0.2, -0.15) is 0 Å². The van der Waals surface area contributed by atoms with Crippen molar-refractivity contribution >= 4 is 69.0 Å². The Hall–Kier alpha value is -3.60. The first-order valence-corrected chi connectivity index (χ1v) is 19.3. The van der Waals surface area contributed by atoms with E-state index in [0.29, 0.717) is 20.0 Å². The zero-order valence-electron chi connectivity index (χ0n) is 28.0. The van der Waals surface area contributed by atoms with Crippen molar-refractivity contribution in [2.24, 2.45) is 23.7 Å². The quantitative estimate of drug-likeness (QED) is 0.189. The Balaban J connectivity index is 1.53. The summed E-state index contributed by atoms with van der Waals surface area (Å²) in [5.74, 6) is -1.60. The van der Waals surface area contributed by atoms with Crippen LogP contribution in [0.2, 0.25) is 0 Å². The number of hydrogen-bond donors (Lipinski definition) is 4. The van der Waals surface area contributed by atoms with Crippen LogP contribution in [-0.2, 0) is 0 Å². The van der Waals surface area contributed by atoms with E-state index in [1.807, 2.05) is 55.4 Å². The Morgan fingerprint density at radius 2 is 0.604 bits per heavy atom. The van der Waals surface area contributed by atoms with Crippen molar-refractivity contribution in [3.63, 3.8) is 0 Å². The van der Waals surface area contributed by atoms with Gasteiger partial charge in [0.2, 0.25) is 0 Å². The lowest BCUT2D eigenvalue weighted by atomic mass is 10.0. The number of amides is 4. The number of nitrogens with zero attached hydrogens (tertiary/aromatic N) is 4. The highest BCUT2D eigenvalue weighted by Crippen LogP contribution is 2.31. The minimum atomic E-state index is -0.463. The van der Waals surface area contributed by atoms with Gasteiger partial charge in [0, 0.05) is 21.5 Å². The molecule has 16 heteroatoms. The number of aromatic nitrogens is 4. The van der Waals surface area contributed by atoms with Crippen LogP contribution in [0.5, 0.6) is 0 Å². The summed E-state index contributed by atoms with van der Waals surface area (Å²) in [5.41, 5.74) is 0.939. The van der Waals surface area contributed by atoms with Gasteiger partial charge in [0.05, 0.1) is 24.2 Å². The van der Waals surface area contributed by atoms with E-state index >= 15 is 0 Å². The standard InChI is InChI=1S/C32H40N8O4S4/c1-13(2)21-29-33-18(9-45-29)26(42)38-23(15(5)6)31-35-20(11-47-31)28(44)40-24(16(7)8)32-36-19(12-48-32)27(43)39-22(14(3)4)30-34-17(10-46-30)25(41)37-21/h9-16,21-24H,1-8H3,(H,37,41)(H,38,42)(H,39,43)(H,40,44)/t21-,22-,23-,24+/m1/s1. The van der Waals surface area contributed by atoms with E-state index in [-0.39, 0.29) is 70.1 Å². The van der Waals surface area contributed by atoms with Crippen molar-refractivity contribution in [3.8, 4) is 0 Å². The average molecular weight is 729 g/mol. The number of carbonyl (C=O) groups excluding carboxylic acids is 4. The molecule has 0 radical (unpaired) electrons. The third-order valence-electron chi connectivity index (χ3n) is 7.90. The van der Waals surface area contributed by atoms with Gasteiger partial charge in [-0.3, -0.25) is 19.2 Å². The van der Waals surface area contributed by atoms with Crippen LogP contribution in [0.4, 0.5) is 0 Å². The molecule has 5 rings (SSSR count). The first-order chi connectivity index (χ1) is 22.7. The number of nitrogens with one attached hydrogen (secondary N) is 4. The van der Waals surface area contributed by atoms with Crippen LogP contribution in [-0.4, -0.2) is 43.6 Å². The van der Waals surface area contributed by atoms with E-state index in [9.17, 15) is 19.2 Å². The summed E-state index contributed by atoms with van der Waals surface area (Å²) in [5, 5.41) is 21.3. The Kier molecular flexibility index (Phi) is 11.1. The molecule has 12 nitrogen and oxygen atoms in total. The highest BCUT2D eigenvalue weighted by molar-refractivity contribution is 7.10. The van der Waals surface area contributed by atoms with Crippen molar-refractivity contribution in [1.82, 2.24) is 41.2 Å². The normalized spacial score (nSPS) is 21.2. The monoisotopic (exact) mass is 728 g/mol. The summed E-state index contributed by atoms with van der Waals surface area (Å²) in [6.07, 6.45) is 0. The van der Waals surface area contributed by atoms with E-state index in [0.717, 1.165) is 0 Å². The molecule has 48 heavy (non-hydrogen) atoms. The summed E-state index contributed by atoms with van der Waals surface area (Å²) in [6.45, 7) is 15.7. The number of carbonyl (C=O) groups is 4. The highest BCUT2D eigenvalue weighted by Gasteiger charge is 2.31. The second-order valence-electron chi connectivity index (χ2n) is 13.1. The van der Waals surface area contributed by atoms with Gasteiger partial charge in [0.15, 0.2) is 0 Å². The first-order valence-electron chi connectivity index (χ1n) is 15.8. The molecule has 0 unspecified atom stereocenters. The molecule has 0 aromatic carbocycles. The summed E-state index contributed by atoms with van der Waals surface area (Å²) >= 11 is 5.19. The van der Waals surface area contributed by atoms with Gasteiger partial charge in [-0.25, -0.2) is 19.9 Å². The largest absolute Gasteiger partial charge is 0.341 e. The molecule has 0 fully saturated rings. The molecule has 0 spiro atoms. The van der Waals surface area contributed by atoms with Crippen LogP contribution in [0.15, 0.2) is 21.5 Å². The van der Waals surface area contributed by atoms with E-state index in [4.69, 9.17) is 0 Å². The molecule has 0 aliphatic carbocycles. The molecule has 256 valence electrons. The lowest BCUT2D eigenvalue weighted by Gasteiger charge is -2.21. The van der Waals surface area contributed by atoms with Gasteiger partial charge < -0.3 is 21.3 Å². The van der Waals surface area contributed by atoms with Crippen LogP contribution < -0.4 is 21.3 Å². The average Bonchev–Trinajstić information content (AvgIpc) is 3.85. The lowest BCUT2D eigenvalue weighted by Crippen LogP contribution is -2.34. The molecule has 0 saturated carbocycles. The van der Waals surface area contributed by atoms with Crippen LogP contribution in [0.3, 0.4) is 0 Å². The topological polar surface area (TPSA) is 168 Å². The van der Waals surface area contributed by atoms with E-state index in [2.05, 4.69) is 41.2 Å². The highest BCUT2D eigenvalue weighted by atomic mass is 32.1. The Morgan fingerprint density at radius 3 is 0.771 bits per heavy atom. The molecule has 5 heterocycles. The predicted octanol–water partition coefficient (Wildman–Crippen LogP) is 6.33. The van der Waals surface area contributed by atoms with E-state index in [1.54, 1.807) is 21.5 Å². The van der Waals surface area contributed by atoms with Gasteiger partial charge in [0.25, 0.3) is 23.6 Å². The van der Waals surface area contributed by atoms with Gasteiger partial charge in [-0.05, 0) is 23.7 Å². The summed E-state index contributed by atoms with van der Waals surface area (Å²) in [7, 11) is 0. The molecule has 4 N–H and O–H groups in total. The van der Waals surface area contributed by atoms with Crippen LogP contribution in [0, 0.1) is 23.7 Å². The number of thiazole rings is 4. The molecule has 4 aromatic rings. The third kappa shape index (κ3) is 7.82. The molecular formula is C32H40N8O4S4. The predicted molar refractivity (Wildman–Crippen MR) is 189 cm³/mol. The molecule has 4 aromatic heterocycles. The van der Waals surface area contributed by atoms with Crippen molar-refractivity contribution in [2.75, 3.05) is 0 Å². The third-order valence-corrected chi connectivity index (χ3v) is 11.6. The maximum atomic E-state index is 13.5. The molecule has 1 aliphatic rings. The first kappa shape index (κ1) is 35.7. The van der Waals surface area contributed by atoms with Crippen molar-refractivity contribution < 1.29 is 19.2 Å². The number of rotatable bonds is 4. The molecular weight excluding hydrogens is 689 g/mol. The molecule has 0 saturated heterocycles. The van der Waals surface area contributed by atoms with E-state index in [1.165, 1.54) is 45.3 Å². The molecule has 1 aliphatic heterocycles. The minimum absolute atomic E-state index is 0.0306. The molecule has 8 bridgehead atoms. The van der Waals surface area contributed by atoms with Gasteiger partial charge in [0.1, 0.15) is 42.8 Å². The minimum Gasteiger partial charge on any atom is -0.341 e. The maximum absolute atomic E-state index is 13.5. The maximum Gasteiger partial charge on any atom is 0.271 e. The fourth-order valence-electron chi connectivity index (χ4n) is 5.05. The Morgan fingerprint density at radius 1 is 0.417 bits per heavy atom. The van der Waals surface area contributed by atoms with Crippen LogP contribution in [0.1, 0.15) is 142 Å². The van der Waals surface area contributed by atoms with Crippen molar-refractivity contribution in [1.29, 1.82) is 0 Å².